The van der Waals surface area contributed by atoms with E-state index in [4.69, 9.17) is 0 Å². The monoisotopic (exact) mass is 468 g/mol. The van der Waals surface area contributed by atoms with E-state index in [2.05, 4.69) is 53.9 Å². The maximum absolute atomic E-state index is 14.1. The number of thiophene rings is 1. The van der Waals surface area contributed by atoms with E-state index in [0.29, 0.717) is 10.7 Å². The van der Waals surface area contributed by atoms with Crippen LogP contribution in [0.4, 0.5) is 4.39 Å². The van der Waals surface area contributed by atoms with Crippen molar-refractivity contribution in [1.29, 1.82) is 0 Å². The fraction of sp³-hybridized carbons (Fsp3) is 0.286. The summed E-state index contributed by atoms with van der Waals surface area (Å²) in [5.74, 6) is -0.142. The summed E-state index contributed by atoms with van der Waals surface area (Å²) in [4.78, 5) is 1.24. The van der Waals surface area contributed by atoms with E-state index in [0.717, 1.165) is 15.8 Å². The Morgan fingerprint density at radius 1 is 1.05 bits per heavy atom. The molecule has 0 nitrogen and oxygen atoms in total. The van der Waals surface area contributed by atoms with Crippen LogP contribution in [0.25, 0.3) is 0 Å². The summed E-state index contributed by atoms with van der Waals surface area (Å²) < 4.78 is 15.2. The van der Waals surface area contributed by atoms with Crippen molar-refractivity contribution in [3.63, 3.8) is 0 Å². The lowest BCUT2D eigenvalue weighted by Crippen LogP contribution is -2.33. The maximum atomic E-state index is 14.1. The summed E-state index contributed by atoms with van der Waals surface area (Å²) >= 11 is 12.3. The Hall–Kier alpha value is 0.290. The second-order valence-electron chi connectivity index (χ2n) is 4.41. The molecule has 102 valence electrons. The molecule has 5 heteroatoms. The van der Waals surface area contributed by atoms with E-state index in [1.807, 2.05) is 18.2 Å². The highest BCUT2D eigenvalue weighted by molar-refractivity contribution is 9.11. The minimum atomic E-state index is -0.268. The molecule has 0 aliphatic carbocycles. The predicted octanol–water partition coefficient (Wildman–Crippen LogP) is 5.92. The van der Waals surface area contributed by atoms with Crippen molar-refractivity contribution in [2.75, 3.05) is 10.7 Å². The number of hydrogen-bond acceptors (Lipinski definition) is 1. The normalized spacial score (nSPS) is 11.8. The van der Waals surface area contributed by atoms with Crippen LogP contribution in [0.5, 0.6) is 0 Å². The molecular formula is C14H12Br3FS. The smallest absolute Gasteiger partial charge is 0.127 e. The molecule has 1 aromatic heterocycles. The topological polar surface area (TPSA) is 0 Å². The minimum Gasteiger partial charge on any atom is -0.207 e. The van der Waals surface area contributed by atoms with Crippen LogP contribution in [0.15, 0.2) is 40.2 Å². The van der Waals surface area contributed by atoms with E-state index < -0.39 is 0 Å². The average Bonchev–Trinajstić information content (AvgIpc) is 2.82. The maximum Gasteiger partial charge on any atom is 0.127 e. The Morgan fingerprint density at radius 2 is 1.74 bits per heavy atom. The number of benzene rings is 1. The molecule has 0 bridgehead atoms. The van der Waals surface area contributed by atoms with E-state index in [1.165, 1.54) is 10.9 Å². The summed E-state index contributed by atoms with van der Waals surface area (Å²) in [7, 11) is 0. The van der Waals surface area contributed by atoms with Gasteiger partial charge in [0.15, 0.2) is 0 Å². The van der Waals surface area contributed by atoms with Crippen molar-refractivity contribution in [3.05, 3.63) is 56.4 Å². The van der Waals surface area contributed by atoms with Gasteiger partial charge in [0.2, 0.25) is 0 Å². The minimum absolute atomic E-state index is 0.142. The zero-order valence-electron chi connectivity index (χ0n) is 10.0. The quantitative estimate of drug-likeness (QED) is 0.476. The molecule has 0 saturated heterocycles. The lowest BCUT2D eigenvalue weighted by molar-refractivity contribution is 0.504. The second kappa shape index (κ2) is 6.83. The Balaban J connectivity index is 2.40. The molecule has 0 fully saturated rings. The van der Waals surface area contributed by atoms with Gasteiger partial charge in [0, 0.05) is 21.0 Å². The molecule has 0 radical (unpaired) electrons. The van der Waals surface area contributed by atoms with Crippen LogP contribution in [0.3, 0.4) is 0 Å². The van der Waals surface area contributed by atoms with Gasteiger partial charge >= 0.3 is 0 Å². The summed E-state index contributed by atoms with van der Waals surface area (Å²) in [5, 5.41) is 1.42. The highest BCUT2D eigenvalue weighted by atomic mass is 79.9. The van der Waals surface area contributed by atoms with Gasteiger partial charge in [-0.1, -0.05) is 50.1 Å². The molecule has 19 heavy (non-hydrogen) atoms. The van der Waals surface area contributed by atoms with Crippen LogP contribution in [0.2, 0.25) is 0 Å². The van der Waals surface area contributed by atoms with Crippen LogP contribution in [0.1, 0.15) is 10.4 Å². The van der Waals surface area contributed by atoms with Gasteiger partial charge in [-0.3, -0.25) is 0 Å². The first-order valence-corrected chi connectivity index (χ1v) is 9.58. The molecule has 2 rings (SSSR count). The Morgan fingerprint density at radius 3 is 2.26 bits per heavy atom. The summed E-state index contributed by atoms with van der Waals surface area (Å²) in [6.45, 7) is 0. The number of rotatable bonds is 5. The zero-order valence-corrected chi connectivity index (χ0v) is 15.6. The van der Waals surface area contributed by atoms with Gasteiger partial charge < -0.3 is 0 Å². The summed E-state index contributed by atoms with van der Waals surface area (Å²) in [5.41, 5.74) is 0.489. The lowest BCUT2D eigenvalue weighted by atomic mass is 9.80. The third-order valence-electron chi connectivity index (χ3n) is 3.10. The van der Waals surface area contributed by atoms with Gasteiger partial charge in [-0.2, -0.15) is 0 Å². The fourth-order valence-electron chi connectivity index (χ4n) is 2.04. The van der Waals surface area contributed by atoms with E-state index in [9.17, 15) is 4.39 Å². The summed E-state index contributed by atoms with van der Waals surface area (Å²) in [6.07, 6.45) is 0.806. The number of alkyl halides is 2. The molecule has 0 atom stereocenters. The van der Waals surface area contributed by atoms with Crippen molar-refractivity contribution in [2.45, 2.75) is 11.8 Å². The molecule has 0 spiro atoms. The van der Waals surface area contributed by atoms with E-state index in [-0.39, 0.29) is 11.2 Å². The van der Waals surface area contributed by atoms with Crippen molar-refractivity contribution >= 4 is 59.1 Å². The van der Waals surface area contributed by atoms with Gasteiger partial charge in [0.1, 0.15) is 5.82 Å². The van der Waals surface area contributed by atoms with Crippen LogP contribution in [-0.2, 0) is 11.8 Å². The number of hydrogen-bond donors (Lipinski definition) is 0. The first-order valence-electron chi connectivity index (χ1n) is 5.72. The summed E-state index contributed by atoms with van der Waals surface area (Å²) in [6, 6.07) is 11.2. The second-order valence-corrected chi connectivity index (χ2v) is 8.08. The fourth-order valence-corrected chi connectivity index (χ4v) is 5.60. The zero-order chi connectivity index (χ0) is 13.9. The number of halogens is 4. The first kappa shape index (κ1) is 15.7. The highest BCUT2D eigenvalue weighted by Crippen LogP contribution is 2.36. The molecule has 1 aromatic carbocycles. The molecule has 0 aliphatic heterocycles. The largest absolute Gasteiger partial charge is 0.207 e. The molecule has 0 amide bonds. The molecule has 0 aliphatic rings. The lowest BCUT2D eigenvalue weighted by Gasteiger charge is -2.30. The van der Waals surface area contributed by atoms with Crippen molar-refractivity contribution in [1.82, 2.24) is 0 Å². The molecule has 1 heterocycles. The van der Waals surface area contributed by atoms with Gasteiger partial charge in [-0.15, -0.1) is 11.3 Å². The van der Waals surface area contributed by atoms with Crippen molar-refractivity contribution < 1.29 is 4.39 Å². The Bertz CT molecular complexity index is 549. The molecule has 0 N–H and O–H groups in total. The SMILES string of the molecule is Fc1ccccc1C(CBr)(CBr)Cc1ccc(Br)s1. The van der Waals surface area contributed by atoms with Crippen LogP contribution >= 0.6 is 59.1 Å². The molecular weight excluding hydrogens is 459 g/mol. The van der Waals surface area contributed by atoms with Gasteiger partial charge in [0.05, 0.1) is 3.79 Å². The predicted molar refractivity (Wildman–Crippen MR) is 91.4 cm³/mol. The van der Waals surface area contributed by atoms with Crippen molar-refractivity contribution in [3.8, 4) is 0 Å². The van der Waals surface area contributed by atoms with Crippen LogP contribution in [-0.4, -0.2) is 10.7 Å². The standard InChI is InChI=1S/C14H12Br3FS/c15-8-14(9-16,7-10-5-6-13(17)19-10)11-3-1-2-4-12(11)18/h1-6H,7-9H2. The van der Waals surface area contributed by atoms with Crippen LogP contribution in [0, 0.1) is 5.82 Å². The van der Waals surface area contributed by atoms with E-state index >= 15 is 0 Å². The Labute approximate surface area is 141 Å². The molecule has 0 unspecified atom stereocenters. The van der Waals surface area contributed by atoms with Gasteiger partial charge in [-0.05, 0) is 46.1 Å². The van der Waals surface area contributed by atoms with Crippen LogP contribution < -0.4 is 0 Å². The van der Waals surface area contributed by atoms with Gasteiger partial charge in [0.25, 0.3) is 0 Å². The first-order chi connectivity index (χ1) is 9.11. The average molecular weight is 471 g/mol. The van der Waals surface area contributed by atoms with Crippen molar-refractivity contribution in [2.24, 2.45) is 0 Å². The molecule has 2 aromatic rings. The highest BCUT2D eigenvalue weighted by Gasteiger charge is 2.33. The molecule has 0 saturated carbocycles. The van der Waals surface area contributed by atoms with E-state index in [1.54, 1.807) is 17.4 Å². The van der Waals surface area contributed by atoms with Gasteiger partial charge in [-0.25, -0.2) is 4.39 Å². The third kappa shape index (κ3) is 3.49. The Kier molecular flexibility index (Phi) is 5.64. The third-order valence-corrected chi connectivity index (χ3v) is 6.87.